The van der Waals surface area contributed by atoms with Gasteiger partial charge in [0.1, 0.15) is 0 Å². The third kappa shape index (κ3) is 4.35. The van der Waals surface area contributed by atoms with Crippen molar-refractivity contribution in [2.75, 3.05) is 19.7 Å². The zero-order valence-electron chi connectivity index (χ0n) is 10.4. The lowest BCUT2D eigenvalue weighted by atomic mass is 10.0. The van der Waals surface area contributed by atoms with Crippen LogP contribution in [-0.4, -0.2) is 36.6 Å². The molecular weight excluding hydrogens is 202 g/mol. The molecule has 1 heterocycles. The Morgan fingerprint density at radius 3 is 2.94 bits per heavy atom. The minimum atomic E-state index is -0.229. The lowest BCUT2D eigenvalue weighted by Crippen LogP contribution is -2.39. The van der Waals surface area contributed by atoms with E-state index in [1.807, 2.05) is 13.0 Å². The second-order valence-corrected chi connectivity index (χ2v) is 4.21. The number of esters is 1. The fourth-order valence-electron chi connectivity index (χ4n) is 2.24. The van der Waals surface area contributed by atoms with E-state index in [-0.39, 0.29) is 5.97 Å². The van der Waals surface area contributed by atoms with E-state index in [4.69, 9.17) is 4.74 Å². The second-order valence-electron chi connectivity index (χ2n) is 4.21. The molecule has 0 aromatic rings. The summed E-state index contributed by atoms with van der Waals surface area (Å²) in [7, 11) is 0. The van der Waals surface area contributed by atoms with Crippen LogP contribution in [0.4, 0.5) is 0 Å². The molecule has 0 aromatic heterocycles. The van der Waals surface area contributed by atoms with Crippen LogP contribution in [0.3, 0.4) is 0 Å². The van der Waals surface area contributed by atoms with Gasteiger partial charge >= 0.3 is 5.97 Å². The van der Waals surface area contributed by atoms with Crippen LogP contribution in [0.5, 0.6) is 0 Å². The average molecular weight is 225 g/mol. The monoisotopic (exact) mass is 225 g/mol. The molecule has 92 valence electrons. The van der Waals surface area contributed by atoms with E-state index < -0.39 is 0 Å². The number of piperidine rings is 1. The molecule has 0 aliphatic carbocycles. The lowest BCUT2D eigenvalue weighted by Gasteiger charge is -2.34. The smallest absolute Gasteiger partial charge is 0.330 e. The highest BCUT2D eigenvalue weighted by Gasteiger charge is 2.19. The predicted octanol–water partition coefficient (Wildman–Crippen LogP) is 2.37. The van der Waals surface area contributed by atoms with Crippen molar-refractivity contribution in [3.8, 4) is 0 Å². The Balaban J connectivity index is 2.32. The number of carbonyl (C=O) groups is 1. The fourth-order valence-corrected chi connectivity index (χ4v) is 2.24. The molecule has 1 unspecified atom stereocenters. The van der Waals surface area contributed by atoms with E-state index in [9.17, 15) is 4.79 Å². The molecule has 0 aromatic carbocycles. The molecule has 1 atom stereocenters. The van der Waals surface area contributed by atoms with Crippen molar-refractivity contribution < 1.29 is 9.53 Å². The maximum atomic E-state index is 11.1. The highest BCUT2D eigenvalue weighted by Crippen LogP contribution is 2.18. The molecular formula is C13H23NO2. The molecule has 0 amide bonds. The van der Waals surface area contributed by atoms with Crippen LogP contribution in [0, 0.1) is 0 Å². The van der Waals surface area contributed by atoms with Gasteiger partial charge in [-0.15, -0.1) is 0 Å². The Kier molecular flexibility index (Phi) is 6.16. The molecule has 1 fully saturated rings. The van der Waals surface area contributed by atoms with E-state index in [1.54, 1.807) is 6.08 Å². The molecule has 1 saturated heterocycles. The van der Waals surface area contributed by atoms with Gasteiger partial charge in [0, 0.05) is 18.7 Å². The van der Waals surface area contributed by atoms with Crippen LogP contribution in [0.1, 0.15) is 39.5 Å². The maximum absolute atomic E-state index is 11.1. The Bertz CT molecular complexity index is 238. The van der Waals surface area contributed by atoms with Crippen molar-refractivity contribution in [3.05, 3.63) is 12.2 Å². The van der Waals surface area contributed by atoms with Crippen LogP contribution in [0.2, 0.25) is 0 Å². The van der Waals surface area contributed by atoms with Crippen LogP contribution in [0.25, 0.3) is 0 Å². The summed E-state index contributed by atoms with van der Waals surface area (Å²) in [4.78, 5) is 13.6. The quantitative estimate of drug-likeness (QED) is 0.531. The van der Waals surface area contributed by atoms with E-state index in [1.165, 1.54) is 25.7 Å². The summed E-state index contributed by atoms with van der Waals surface area (Å²) in [6.45, 7) is 6.54. The Morgan fingerprint density at radius 2 is 2.25 bits per heavy atom. The summed E-state index contributed by atoms with van der Waals surface area (Å²) in [5.74, 6) is -0.229. The van der Waals surface area contributed by atoms with Crippen LogP contribution >= 0.6 is 0 Å². The van der Waals surface area contributed by atoms with E-state index in [2.05, 4.69) is 11.8 Å². The van der Waals surface area contributed by atoms with Crippen molar-refractivity contribution >= 4 is 5.97 Å². The SMILES string of the molecule is CCOC(=O)/C=C/CN1CCCCC1CC. The van der Waals surface area contributed by atoms with Gasteiger partial charge in [-0.25, -0.2) is 4.79 Å². The zero-order valence-corrected chi connectivity index (χ0v) is 10.4. The topological polar surface area (TPSA) is 29.5 Å². The van der Waals surface area contributed by atoms with Crippen molar-refractivity contribution in [1.82, 2.24) is 4.90 Å². The molecule has 0 bridgehead atoms. The van der Waals surface area contributed by atoms with Gasteiger partial charge in [0.2, 0.25) is 0 Å². The maximum Gasteiger partial charge on any atom is 0.330 e. The number of ether oxygens (including phenoxy) is 1. The Hall–Kier alpha value is -0.830. The summed E-state index contributed by atoms with van der Waals surface area (Å²) in [6.07, 6.45) is 8.59. The van der Waals surface area contributed by atoms with Crippen LogP contribution < -0.4 is 0 Å². The average Bonchev–Trinajstić information content (AvgIpc) is 2.30. The molecule has 16 heavy (non-hydrogen) atoms. The third-order valence-corrected chi connectivity index (χ3v) is 3.10. The first kappa shape index (κ1) is 13.2. The van der Waals surface area contributed by atoms with Gasteiger partial charge in [-0.05, 0) is 32.7 Å². The van der Waals surface area contributed by atoms with E-state index in [0.29, 0.717) is 12.6 Å². The van der Waals surface area contributed by atoms with Gasteiger partial charge in [-0.3, -0.25) is 4.90 Å². The van der Waals surface area contributed by atoms with Crippen molar-refractivity contribution in [2.24, 2.45) is 0 Å². The predicted molar refractivity (Wildman–Crippen MR) is 65.3 cm³/mol. The minimum absolute atomic E-state index is 0.229. The molecule has 1 aliphatic rings. The van der Waals surface area contributed by atoms with Gasteiger partial charge in [-0.2, -0.15) is 0 Å². The molecule has 1 rings (SSSR count). The highest BCUT2D eigenvalue weighted by molar-refractivity contribution is 5.81. The lowest BCUT2D eigenvalue weighted by molar-refractivity contribution is -0.137. The van der Waals surface area contributed by atoms with Crippen molar-refractivity contribution in [2.45, 2.75) is 45.6 Å². The number of likely N-dealkylation sites (tertiary alicyclic amines) is 1. The number of carbonyl (C=O) groups excluding carboxylic acids is 1. The Morgan fingerprint density at radius 1 is 1.44 bits per heavy atom. The number of hydrogen-bond donors (Lipinski definition) is 0. The fraction of sp³-hybridized carbons (Fsp3) is 0.769. The molecule has 0 spiro atoms. The standard InChI is InChI=1S/C13H23NO2/c1-3-12-8-5-6-10-14(12)11-7-9-13(15)16-4-2/h7,9,12H,3-6,8,10-11H2,1-2H3/b9-7+. The van der Waals surface area contributed by atoms with Crippen LogP contribution in [0.15, 0.2) is 12.2 Å². The first-order valence-electron chi connectivity index (χ1n) is 6.35. The largest absolute Gasteiger partial charge is 0.463 e. The summed E-state index contributed by atoms with van der Waals surface area (Å²) in [6, 6.07) is 0.695. The molecule has 3 heteroatoms. The third-order valence-electron chi connectivity index (χ3n) is 3.10. The van der Waals surface area contributed by atoms with Gasteiger partial charge < -0.3 is 4.74 Å². The number of hydrogen-bond acceptors (Lipinski definition) is 3. The number of nitrogens with zero attached hydrogens (tertiary/aromatic N) is 1. The van der Waals surface area contributed by atoms with Crippen molar-refractivity contribution in [3.63, 3.8) is 0 Å². The summed E-state index contributed by atoms with van der Waals surface area (Å²) >= 11 is 0. The van der Waals surface area contributed by atoms with Crippen LogP contribution in [-0.2, 0) is 9.53 Å². The number of rotatable bonds is 5. The molecule has 0 radical (unpaired) electrons. The van der Waals surface area contributed by atoms with E-state index >= 15 is 0 Å². The van der Waals surface area contributed by atoms with Crippen molar-refractivity contribution in [1.29, 1.82) is 0 Å². The van der Waals surface area contributed by atoms with E-state index in [0.717, 1.165) is 13.1 Å². The highest BCUT2D eigenvalue weighted by atomic mass is 16.5. The minimum Gasteiger partial charge on any atom is -0.463 e. The molecule has 0 saturated carbocycles. The van der Waals surface area contributed by atoms with Gasteiger partial charge in [-0.1, -0.05) is 19.4 Å². The van der Waals surface area contributed by atoms with Gasteiger partial charge in [0.15, 0.2) is 0 Å². The summed E-state index contributed by atoms with van der Waals surface area (Å²) in [5, 5.41) is 0. The van der Waals surface area contributed by atoms with Gasteiger partial charge in [0.25, 0.3) is 0 Å². The summed E-state index contributed by atoms with van der Waals surface area (Å²) < 4.78 is 4.84. The molecule has 1 aliphatic heterocycles. The normalized spacial score (nSPS) is 22.5. The summed E-state index contributed by atoms with van der Waals surface area (Å²) in [5.41, 5.74) is 0. The first-order chi connectivity index (χ1) is 7.77. The zero-order chi connectivity index (χ0) is 11.8. The Labute approximate surface area is 98.5 Å². The second kappa shape index (κ2) is 7.44. The van der Waals surface area contributed by atoms with Gasteiger partial charge in [0.05, 0.1) is 6.61 Å². The molecule has 3 nitrogen and oxygen atoms in total. The molecule has 0 N–H and O–H groups in total. The first-order valence-corrected chi connectivity index (χ1v) is 6.35.